The van der Waals surface area contributed by atoms with E-state index in [-0.39, 0.29) is 19.1 Å². The highest BCUT2D eigenvalue weighted by Gasteiger charge is 2.18. The van der Waals surface area contributed by atoms with E-state index in [9.17, 15) is 4.79 Å². The molecule has 0 aliphatic carbocycles. The van der Waals surface area contributed by atoms with Gasteiger partial charge in [-0.15, -0.1) is 0 Å². The molecular formula is C16H20N2O3. The molecule has 1 amide bonds. The van der Waals surface area contributed by atoms with E-state index in [0.717, 1.165) is 10.8 Å². The van der Waals surface area contributed by atoms with Crippen molar-refractivity contribution in [2.75, 3.05) is 39.1 Å². The summed E-state index contributed by atoms with van der Waals surface area (Å²) < 4.78 is 5.00. The van der Waals surface area contributed by atoms with Gasteiger partial charge in [0, 0.05) is 25.9 Å². The Morgan fingerprint density at radius 3 is 2.52 bits per heavy atom. The van der Waals surface area contributed by atoms with Crippen LogP contribution >= 0.6 is 0 Å². The van der Waals surface area contributed by atoms with Gasteiger partial charge in [-0.05, 0) is 22.9 Å². The molecule has 112 valence electrons. The van der Waals surface area contributed by atoms with Crippen LogP contribution in [0.2, 0.25) is 0 Å². The lowest BCUT2D eigenvalue weighted by atomic mass is 10.0. The Bertz CT molecular complexity index is 628. The molecular weight excluding hydrogens is 268 g/mol. The molecule has 0 atom stereocenters. The number of fused-ring (bicyclic) bond motifs is 1. The maximum absolute atomic E-state index is 12.6. The van der Waals surface area contributed by atoms with Crippen LogP contribution in [-0.4, -0.2) is 49.3 Å². The van der Waals surface area contributed by atoms with Crippen molar-refractivity contribution < 1.29 is 14.6 Å². The number of nitrogens with two attached hydrogens (primary N) is 1. The van der Waals surface area contributed by atoms with Gasteiger partial charge in [0.05, 0.1) is 18.8 Å². The second-order valence-electron chi connectivity index (χ2n) is 4.80. The van der Waals surface area contributed by atoms with Crippen LogP contribution in [0.25, 0.3) is 10.8 Å². The van der Waals surface area contributed by atoms with E-state index < -0.39 is 0 Å². The largest absolute Gasteiger partial charge is 0.398 e. The molecule has 2 aromatic carbocycles. The third-order valence-electron chi connectivity index (χ3n) is 3.37. The minimum Gasteiger partial charge on any atom is -0.398 e. The molecule has 5 heteroatoms. The first-order chi connectivity index (χ1) is 10.2. The predicted molar refractivity (Wildman–Crippen MR) is 83.2 cm³/mol. The summed E-state index contributed by atoms with van der Waals surface area (Å²) in [5.41, 5.74) is 6.91. The molecule has 0 fully saturated rings. The van der Waals surface area contributed by atoms with Gasteiger partial charge in [-0.3, -0.25) is 4.79 Å². The monoisotopic (exact) mass is 288 g/mol. The van der Waals surface area contributed by atoms with Crippen molar-refractivity contribution >= 4 is 22.4 Å². The second kappa shape index (κ2) is 7.06. The molecule has 0 aromatic heterocycles. The fourth-order valence-electron chi connectivity index (χ4n) is 2.25. The van der Waals surface area contributed by atoms with E-state index in [1.54, 1.807) is 24.1 Å². The summed E-state index contributed by atoms with van der Waals surface area (Å²) in [6.45, 7) is 0.999. The van der Waals surface area contributed by atoms with Gasteiger partial charge in [-0.2, -0.15) is 0 Å². The standard InChI is InChI=1S/C16H20N2O3/c1-21-9-7-18(6-8-19)16(20)14-10-12-4-2-3-5-13(12)11-15(14)17/h2-5,10-11,19H,6-9,17H2,1H3. The number of hydrogen-bond donors (Lipinski definition) is 2. The van der Waals surface area contributed by atoms with E-state index in [1.807, 2.05) is 24.3 Å². The maximum atomic E-state index is 12.6. The molecule has 0 unspecified atom stereocenters. The lowest BCUT2D eigenvalue weighted by molar-refractivity contribution is 0.0657. The van der Waals surface area contributed by atoms with Crippen LogP contribution in [0.4, 0.5) is 5.69 Å². The molecule has 0 heterocycles. The Morgan fingerprint density at radius 2 is 1.90 bits per heavy atom. The average molecular weight is 288 g/mol. The van der Waals surface area contributed by atoms with Crippen molar-refractivity contribution in [3.05, 3.63) is 42.0 Å². The zero-order valence-corrected chi connectivity index (χ0v) is 12.1. The topological polar surface area (TPSA) is 75.8 Å². The number of carbonyl (C=O) groups excluding carboxylic acids is 1. The van der Waals surface area contributed by atoms with Gasteiger partial charge in [0.1, 0.15) is 0 Å². The Hall–Kier alpha value is -2.11. The lowest BCUT2D eigenvalue weighted by Crippen LogP contribution is -2.36. The van der Waals surface area contributed by atoms with Gasteiger partial charge in [0.2, 0.25) is 0 Å². The first kappa shape index (κ1) is 15.3. The summed E-state index contributed by atoms with van der Waals surface area (Å²) in [7, 11) is 1.58. The number of methoxy groups -OCH3 is 1. The van der Waals surface area contributed by atoms with Gasteiger partial charge in [-0.1, -0.05) is 24.3 Å². The van der Waals surface area contributed by atoms with E-state index in [4.69, 9.17) is 15.6 Å². The third kappa shape index (κ3) is 3.51. The number of ether oxygens (including phenoxy) is 1. The molecule has 0 aliphatic heterocycles. The van der Waals surface area contributed by atoms with Crippen molar-refractivity contribution in [1.82, 2.24) is 4.90 Å². The van der Waals surface area contributed by atoms with Crippen LogP contribution in [0, 0.1) is 0 Å². The lowest BCUT2D eigenvalue weighted by Gasteiger charge is -2.22. The zero-order valence-electron chi connectivity index (χ0n) is 12.1. The average Bonchev–Trinajstić information content (AvgIpc) is 2.50. The number of nitrogen functional groups attached to an aromatic ring is 1. The smallest absolute Gasteiger partial charge is 0.256 e. The van der Waals surface area contributed by atoms with Crippen LogP contribution in [-0.2, 0) is 4.74 Å². The highest BCUT2D eigenvalue weighted by atomic mass is 16.5. The summed E-state index contributed by atoms with van der Waals surface area (Å²) in [4.78, 5) is 14.1. The normalized spacial score (nSPS) is 10.8. The van der Waals surface area contributed by atoms with Crippen molar-refractivity contribution in [3.63, 3.8) is 0 Å². The van der Waals surface area contributed by atoms with Crippen LogP contribution in [0.15, 0.2) is 36.4 Å². The highest BCUT2D eigenvalue weighted by Crippen LogP contribution is 2.23. The quantitative estimate of drug-likeness (QED) is 0.790. The molecule has 21 heavy (non-hydrogen) atoms. The summed E-state index contributed by atoms with van der Waals surface area (Å²) in [5, 5.41) is 11.1. The minimum absolute atomic E-state index is 0.0943. The Balaban J connectivity index is 2.33. The van der Waals surface area contributed by atoms with E-state index >= 15 is 0 Å². The molecule has 0 saturated heterocycles. The number of anilines is 1. The van der Waals surface area contributed by atoms with Crippen LogP contribution in [0.1, 0.15) is 10.4 Å². The molecule has 2 rings (SSSR count). The summed E-state index contributed by atoms with van der Waals surface area (Å²) >= 11 is 0. The first-order valence-electron chi connectivity index (χ1n) is 6.84. The number of rotatable bonds is 6. The fourth-order valence-corrected chi connectivity index (χ4v) is 2.25. The number of amides is 1. The van der Waals surface area contributed by atoms with Crippen LogP contribution in [0.5, 0.6) is 0 Å². The SMILES string of the molecule is COCCN(CCO)C(=O)c1cc2ccccc2cc1N. The van der Waals surface area contributed by atoms with E-state index in [1.165, 1.54) is 0 Å². The van der Waals surface area contributed by atoms with Crippen LogP contribution in [0.3, 0.4) is 0 Å². The van der Waals surface area contributed by atoms with Crippen LogP contribution < -0.4 is 5.73 Å². The number of aliphatic hydroxyl groups excluding tert-OH is 1. The van der Waals surface area contributed by atoms with Gasteiger partial charge >= 0.3 is 0 Å². The van der Waals surface area contributed by atoms with Crippen molar-refractivity contribution in [3.8, 4) is 0 Å². The van der Waals surface area contributed by atoms with Gasteiger partial charge in [0.25, 0.3) is 5.91 Å². The Kier molecular flexibility index (Phi) is 5.14. The number of benzene rings is 2. The molecule has 0 saturated carbocycles. The minimum atomic E-state index is -0.190. The van der Waals surface area contributed by atoms with Crippen molar-refractivity contribution in [1.29, 1.82) is 0 Å². The van der Waals surface area contributed by atoms with E-state index in [2.05, 4.69) is 0 Å². The molecule has 2 aromatic rings. The second-order valence-corrected chi connectivity index (χ2v) is 4.80. The number of hydrogen-bond acceptors (Lipinski definition) is 4. The number of nitrogens with zero attached hydrogens (tertiary/aromatic N) is 1. The Labute approximate surface area is 123 Å². The number of aliphatic hydroxyl groups is 1. The molecule has 0 aliphatic rings. The maximum Gasteiger partial charge on any atom is 0.256 e. The third-order valence-corrected chi connectivity index (χ3v) is 3.37. The van der Waals surface area contributed by atoms with E-state index in [0.29, 0.717) is 24.4 Å². The molecule has 0 radical (unpaired) electrons. The fraction of sp³-hybridized carbons (Fsp3) is 0.312. The van der Waals surface area contributed by atoms with Crippen molar-refractivity contribution in [2.24, 2.45) is 0 Å². The molecule has 5 nitrogen and oxygen atoms in total. The van der Waals surface area contributed by atoms with Gasteiger partial charge in [-0.25, -0.2) is 0 Å². The summed E-state index contributed by atoms with van der Waals surface area (Å²) in [5.74, 6) is -0.190. The summed E-state index contributed by atoms with van der Waals surface area (Å²) in [6.07, 6.45) is 0. The first-order valence-corrected chi connectivity index (χ1v) is 6.84. The number of carbonyl (C=O) groups is 1. The molecule has 0 spiro atoms. The summed E-state index contributed by atoms with van der Waals surface area (Å²) in [6, 6.07) is 11.3. The highest BCUT2D eigenvalue weighted by molar-refractivity contribution is 6.03. The zero-order chi connectivity index (χ0) is 15.2. The molecule has 3 N–H and O–H groups in total. The van der Waals surface area contributed by atoms with Gasteiger partial charge in [0.15, 0.2) is 0 Å². The Morgan fingerprint density at radius 1 is 1.24 bits per heavy atom. The predicted octanol–water partition coefficient (Wildman–Crippen LogP) is 1.50. The van der Waals surface area contributed by atoms with Gasteiger partial charge < -0.3 is 20.5 Å². The van der Waals surface area contributed by atoms with Crippen molar-refractivity contribution in [2.45, 2.75) is 0 Å². The molecule has 0 bridgehead atoms.